The summed E-state index contributed by atoms with van der Waals surface area (Å²) in [5, 5.41) is 7.63. The Labute approximate surface area is 59.2 Å². The minimum Gasteiger partial charge on any atom is -0.325 e. The van der Waals surface area contributed by atoms with Crippen molar-refractivity contribution in [3.8, 4) is 0 Å². The first kappa shape index (κ1) is 7.11. The van der Waals surface area contributed by atoms with Crippen LogP contribution in [0.4, 0.5) is 0 Å². The third kappa shape index (κ3) is 1.49. The monoisotopic (exact) mass is 138 g/mol. The Kier molecular flexibility index (Phi) is 2.30. The van der Waals surface area contributed by atoms with Crippen LogP contribution in [0.5, 0.6) is 0 Å². The molecule has 0 aromatic carbocycles. The third-order valence-electron chi connectivity index (χ3n) is 1.19. The van der Waals surface area contributed by atoms with Crippen LogP contribution in [-0.4, -0.2) is 10.2 Å². The van der Waals surface area contributed by atoms with Crippen molar-refractivity contribution in [2.75, 3.05) is 0 Å². The van der Waals surface area contributed by atoms with Crippen molar-refractivity contribution in [1.82, 2.24) is 10.2 Å². The molecule has 4 heteroatoms. The summed E-state index contributed by atoms with van der Waals surface area (Å²) in [6.07, 6.45) is 0. The van der Waals surface area contributed by atoms with Crippen molar-refractivity contribution in [3.05, 3.63) is 23.5 Å². The molecule has 0 amide bonds. The van der Waals surface area contributed by atoms with Crippen LogP contribution in [0, 0.1) is 0 Å². The minimum absolute atomic E-state index is 0.428. The van der Waals surface area contributed by atoms with Crippen molar-refractivity contribution in [3.63, 3.8) is 0 Å². The van der Waals surface area contributed by atoms with Crippen molar-refractivity contribution in [1.29, 1.82) is 0 Å². The van der Waals surface area contributed by atoms with Gasteiger partial charge in [0.2, 0.25) is 0 Å². The van der Waals surface area contributed by atoms with E-state index in [9.17, 15) is 0 Å². The lowest BCUT2D eigenvalue weighted by molar-refractivity contribution is 0.840. The van der Waals surface area contributed by atoms with Gasteiger partial charge in [0, 0.05) is 13.1 Å². The van der Waals surface area contributed by atoms with E-state index >= 15 is 0 Å². The third-order valence-corrected chi connectivity index (χ3v) is 1.19. The van der Waals surface area contributed by atoms with Gasteiger partial charge in [-0.1, -0.05) is 0 Å². The number of nitrogens with zero attached hydrogens (tertiary/aromatic N) is 2. The Bertz CT molecular complexity index is 170. The molecule has 0 unspecified atom stereocenters. The topological polar surface area (TPSA) is 77.8 Å². The summed E-state index contributed by atoms with van der Waals surface area (Å²) in [6, 6.07) is 3.66. The summed E-state index contributed by atoms with van der Waals surface area (Å²) < 4.78 is 0. The van der Waals surface area contributed by atoms with E-state index in [2.05, 4.69) is 10.2 Å². The quantitative estimate of drug-likeness (QED) is 0.571. The second kappa shape index (κ2) is 3.24. The molecule has 0 aliphatic rings. The summed E-state index contributed by atoms with van der Waals surface area (Å²) in [4.78, 5) is 0. The lowest BCUT2D eigenvalue weighted by Gasteiger charge is -1.95. The molecule has 0 aliphatic carbocycles. The Morgan fingerprint density at radius 2 is 1.40 bits per heavy atom. The van der Waals surface area contributed by atoms with E-state index in [4.69, 9.17) is 11.5 Å². The maximum absolute atomic E-state index is 5.31. The number of aromatic nitrogens is 2. The van der Waals surface area contributed by atoms with Crippen LogP contribution < -0.4 is 11.5 Å². The van der Waals surface area contributed by atoms with E-state index in [1.54, 1.807) is 0 Å². The molecule has 0 radical (unpaired) electrons. The molecule has 4 nitrogen and oxygen atoms in total. The van der Waals surface area contributed by atoms with Crippen LogP contribution in [0.1, 0.15) is 11.4 Å². The van der Waals surface area contributed by atoms with Crippen LogP contribution in [0.2, 0.25) is 0 Å². The van der Waals surface area contributed by atoms with Gasteiger partial charge in [-0.3, -0.25) is 0 Å². The van der Waals surface area contributed by atoms with Gasteiger partial charge in [-0.2, -0.15) is 10.2 Å². The summed E-state index contributed by atoms with van der Waals surface area (Å²) in [7, 11) is 0. The highest BCUT2D eigenvalue weighted by Crippen LogP contribution is 1.93. The van der Waals surface area contributed by atoms with E-state index in [1.807, 2.05) is 12.1 Å². The molecule has 0 atom stereocenters. The maximum Gasteiger partial charge on any atom is 0.0767 e. The summed E-state index contributed by atoms with van der Waals surface area (Å²) >= 11 is 0. The van der Waals surface area contributed by atoms with Crippen LogP contribution in [0.25, 0.3) is 0 Å². The van der Waals surface area contributed by atoms with Crippen molar-refractivity contribution >= 4 is 0 Å². The molecule has 1 rings (SSSR count). The molecule has 0 saturated heterocycles. The fourth-order valence-corrected chi connectivity index (χ4v) is 0.605. The lowest BCUT2D eigenvalue weighted by Crippen LogP contribution is -2.05. The Balaban J connectivity index is 2.80. The number of hydrogen-bond acceptors (Lipinski definition) is 4. The second-order valence-electron chi connectivity index (χ2n) is 1.92. The van der Waals surface area contributed by atoms with E-state index in [0.717, 1.165) is 11.4 Å². The first-order valence-electron chi connectivity index (χ1n) is 3.08. The average molecular weight is 138 g/mol. The van der Waals surface area contributed by atoms with Gasteiger partial charge in [-0.25, -0.2) is 0 Å². The molecule has 10 heavy (non-hydrogen) atoms. The largest absolute Gasteiger partial charge is 0.325 e. The molecule has 1 aromatic heterocycles. The predicted molar refractivity (Wildman–Crippen MR) is 37.8 cm³/mol. The van der Waals surface area contributed by atoms with Gasteiger partial charge in [-0.15, -0.1) is 0 Å². The van der Waals surface area contributed by atoms with E-state index in [1.165, 1.54) is 0 Å². The van der Waals surface area contributed by atoms with Gasteiger partial charge in [0.05, 0.1) is 11.4 Å². The fourth-order valence-electron chi connectivity index (χ4n) is 0.605. The smallest absolute Gasteiger partial charge is 0.0767 e. The first-order chi connectivity index (χ1) is 4.86. The molecule has 0 bridgehead atoms. The predicted octanol–water partition coefficient (Wildman–Crippen LogP) is -0.606. The Morgan fingerprint density at radius 1 is 1.00 bits per heavy atom. The molecule has 4 N–H and O–H groups in total. The maximum atomic E-state index is 5.31. The molecule has 0 fully saturated rings. The van der Waals surface area contributed by atoms with Gasteiger partial charge >= 0.3 is 0 Å². The zero-order chi connectivity index (χ0) is 7.40. The number of rotatable bonds is 2. The Hall–Kier alpha value is -1.00. The molecule has 0 spiro atoms. The highest BCUT2D eigenvalue weighted by atomic mass is 15.1. The summed E-state index contributed by atoms with van der Waals surface area (Å²) in [5.41, 5.74) is 12.2. The lowest BCUT2D eigenvalue weighted by atomic mass is 10.3. The van der Waals surface area contributed by atoms with Crippen molar-refractivity contribution in [2.45, 2.75) is 13.1 Å². The summed E-state index contributed by atoms with van der Waals surface area (Å²) in [6.45, 7) is 0.857. The van der Waals surface area contributed by atoms with Crippen molar-refractivity contribution in [2.24, 2.45) is 11.5 Å². The SMILES string of the molecule is NCc1ccc(CN)nn1. The molecule has 0 aliphatic heterocycles. The molecule has 1 heterocycles. The van der Waals surface area contributed by atoms with Gasteiger partial charge in [0.1, 0.15) is 0 Å². The fraction of sp³-hybridized carbons (Fsp3) is 0.333. The summed E-state index contributed by atoms with van der Waals surface area (Å²) in [5.74, 6) is 0. The number of nitrogens with two attached hydrogens (primary N) is 2. The molecule has 0 saturated carbocycles. The standard InChI is InChI=1S/C6H10N4/c7-3-5-1-2-6(4-8)10-9-5/h1-2H,3-4,7-8H2. The van der Waals surface area contributed by atoms with Crippen molar-refractivity contribution < 1.29 is 0 Å². The molecule has 54 valence electrons. The van der Waals surface area contributed by atoms with Crippen LogP contribution in [-0.2, 0) is 13.1 Å². The zero-order valence-electron chi connectivity index (χ0n) is 5.62. The highest BCUT2D eigenvalue weighted by Gasteiger charge is 1.91. The highest BCUT2D eigenvalue weighted by molar-refractivity contribution is 5.05. The first-order valence-corrected chi connectivity index (χ1v) is 3.08. The van der Waals surface area contributed by atoms with Crippen LogP contribution in [0.3, 0.4) is 0 Å². The average Bonchev–Trinajstić information content (AvgIpc) is 2.05. The van der Waals surface area contributed by atoms with Gasteiger partial charge in [-0.05, 0) is 12.1 Å². The normalized spacial score (nSPS) is 9.80. The van der Waals surface area contributed by atoms with E-state index in [-0.39, 0.29) is 0 Å². The van der Waals surface area contributed by atoms with Gasteiger partial charge < -0.3 is 11.5 Å². The van der Waals surface area contributed by atoms with Crippen LogP contribution >= 0.6 is 0 Å². The van der Waals surface area contributed by atoms with Crippen LogP contribution in [0.15, 0.2) is 12.1 Å². The second-order valence-corrected chi connectivity index (χ2v) is 1.92. The molecular weight excluding hydrogens is 128 g/mol. The van der Waals surface area contributed by atoms with E-state index < -0.39 is 0 Å². The molecular formula is C6H10N4. The number of hydrogen-bond donors (Lipinski definition) is 2. The van der Waals surface area contributed by atoms with E-state index in [0.29, 0.717) is 13.1 Å². The minimum atomic E-state index is 0.428. The van der Waals surface area contributed by atoms with Gasteiger partial charge in [0.25, 0.3) is 0 Å². The molecule has 1 aromatic rings. The zero-order valence-corrected chi connectivity index (χ0v) is 5.62. The van der Waals surface area contributed by atoms with Gasteiger partial charge in [0.15, 0.2) is 0 Å². The Morgan fingerprint density at radius 3 is 1.60 bits per heavy atom.